The Hall–Kier alpha value is -2.01. The number of para-hydroxylation sites is 2. The molecule has 2 unspecified atom stereocenters. The molecule has 166 valence electrons. The molecule has 1 aliphatic heterocycles. The molecule has 2 aromatic rings. The minimum atomic E-state index is -0.0879. The van der Waals surface area contributed by atoms with Gasteiger partial charge in [0, 0.05) is 31.9 Å². The van der Waals surface area contributed by atoms with Crippen molar-refractivity contribution in [3.8, 4) is 11.5 Å². The van der Waals surface area contributed by atoms with Gasteiger partial charge in [0.2, 0.25) is 0 Å². The fourth-order valence-electron chi connectivity index (χ4n) is 3.26. The Morgan fingerprint density at radius 2 is 2.13 bits per heavy atom. The average molecular weight is 529 g/mol. The van der Waals surface area contributed by atoms with Gasteiger partial charge < -0.3 is 24.4 Å². The lowest BCUT2D eigenvalue weighted by Crippen LogP contribution is -2.48. The molecule has 0 spiro atoms. The SMILES string of the molecule is CCNC(=NCC(C)Oc1ccccc1OC)N1CCOC(c2cnn(C)c2)C1.I. The number of rotatable bonds is 7. The minimum absolute atomic E-state index is 0. The third kappa shape index (κ3) is 6.49. The highest BCUT2D eigenvalue weighted by atomic mass is 127. The van der Waals surface area contributed by atoms with Gasteiger partial charge in [-0.05, 0) is 26.0 Å². The summed E-state index contributed by atoms with van der Waals surface area (Å²) in [6.45, 7) is 7.60. The Morgan fingerprint density at radius 3 is 2.80 bits per heavy atom. The van der Waals surface area contributed by atoms with Crippen molar-refractivity contribution in [3.63, 3.8) is 0 Å². The molecule has 2 atom stereocenters. The molecular weight excluding hydrogens is 497 g/mol. The standard InChI is InChI=1S/C21H31N5O3.HI/c1-5-22-21(23-12-16(2)29-19-9-7-6-8-18(19)27-4)26-10-11-28-20(15-26)17-13-24-25(3)14-17;/h6-9,13-14,16,20H,5,10-12,15H2,1-4H3,(H,22,23);1H. The first-order chi connectivity index (χ1) is 14.1. The molecule has 3 rings (SSSR count). The summed E-state index contributed by atoms with van der Waals surface area (Å²) in [7, 11) is 3.56. The Balaban J connectivity index is 0.00000320. The van der Waals surface area contributed by atoms with Crippen LogP contribution in [-0.4, -0.2) is 66.6 Å². The molecule has 1 aromatic carbocycles. The molecule has 9 heteroatoms. The number of methoxy groups -OCH3 is 1. The summed E-state index contributed by atoms with van der Waals surface area (Å²) in [4.78, 5) is 7.05. The summed E-state index contributed by atoms with van der Waals surface area (Å²) in [5, 5.41) is 7.65. The second kappa shape index (κ2) is 12.0. The number of nitrogens with one attached hydrogen (secondary N) is 1. The number of hydrogen-bond acceptors (Lipinski definition) is 5. The summed E-state index contributed by atoms with van der Waals surface area (Å²) < 4.78 is 19.1. The van der Waals surface area contributed by atoms with E-state index >= 15 is 0 Å². The van der Waals surface area contributed by atoms with Gasteiger partial charge in [-0.2, -0.15) is 5.10 Å². The monoisotopic (exact) mass is 529 g/mol. The zero-order valence-electron chi connectivity index (χ0n) is 18.1. The number of aryl methyl sites for hydroxylation is 1. The van der Waals surface area contributed by atoms with Crippen LogP contribution in [0.3, 0.4) is 0 Å². The molecular formula is C21H32IN5O3. The summed E-state index contributed by atoms with van der Waals surface area (Å²) >= 11 is 0. The van der Waals surface area contributed by atoms with Gasteiger partial charge in [0.15, 0.2) is 17.5 Å². The van der Waals surface area contributed by atoms with E-state index in [1.54, 1.807) is 11.8 Å². The number of aliphatic imine (C=N–C) groups is 1. The first-order valence-electron chi connectivity index (χ1n) is 10.0. The van der Waals surface area contributed by atoms with Crippen LogP contribution in [0.15, 0.2) is 41.7 Å². The van der Waals surface area contributed by atoms with Gasteiger partial charge in [-0.1, -0.05) is 12.1 Å². The molecule has 30 heavy (non-hydrogen) atoms. The second-order valence-electron chi connectivity index (χ2n) is 7.03. The smallest absolute Gasteiger partial charge is 0.194 e. The molecule has 2 heterocycles. The van der Waals surface area contributed by atoms with Gasteiger partial charge in [-0.25, -0.2) is 4.99 Å². The van der Waals surface area contributed by atoms with E-state index in [1.807, 2.05) is 50.6 Å². The lowest BCUT2D eigenvalue weighted by atomic mass is 10.1. The molecule has 1 N–H and O–H groups in total. The zero-order chi connectivity index (χ0) is 20.6. The van der Waals surface area contributed by atoms with Crippen LogP contribution in [-0.2, 0) is 11.8 Å². The Bertz CT molecular complexity index is 813. The van der Waals surface area contributed by atoms with Crippen LogP contribution in [0.25, 0.3) is 0 Å². The molecule has 8 nitrogen and oxygen atoms in total. The quantitative estimate of drug-likeness (QED) is 0.338. The zero-order valence-corrected chi connectivity index (χ0v) is 20.4. The van der Waals surface area contributed by atoms with Crippen LogP contribution in [0.5, 0.6) is 11.5 Å². The molecule has 0 aliphatic carbocycles. The van der Waals surface area contributed by atoms with E-state index in [1.165, 1.54) is 0 Å². The molecule has 1 fully saturated rings. The summed E-state index contributed by atoms with van der Waals surface area (Å²) in [5.41, 5.74) is 1.08. The van der Waals surface area contributed by atoms with Crippen molar-refractivity contribution in [1.82, 2.24) is 20.0 Å². The van der Waals surface area contributed by atoms with Crippen molar-refractivity contribution in [2.24, 2.45) is 12.0 Å². The number of guanidine groups is 1. The maximum atomic E-state index is 6.03. The molecule has 0 bridgehead atoms. The lowest BCUT2D eigenvalue weighted by molar-refractivity contribution is -0.00808. The highest BCUT2D eigenvalue weighted by molar-refractivity contribution is 14.0. The van der Waals surface area contributed by atoms with Crippen LogP contribution < -0.4 is 14.8 Å². The second-order valence-corrected chi connectivity index (χ2v) is 7.03. The highest BCUT2D eigenvalue weighted by Crippen LogP contribution is 2.27. The fraction of sp³-hybridized carbons (Fsp3) is 0.524. The van der Waals surface area contributed by atoms with Crippen molar-refractivity contribution in [2.45, 2.75) is 26.1 Å². The molecule has 1 saturated heterocycles. The van der Waals surface area contributed by atoms with Crippen LogP contribution in [0.2, 0.25) is 0 Å². The number of aromatic nitrogens is 2. The predicted octanol–water partition coefficient (Wildman–Crippen LogP) is 2.85. The third-order valence-corrected chi connectivity index (χ3v) is 4.69. The van der Waals surface area contributed by atoms with Gasteiger partial charge in [-0.15, -0.1) is 24.0 Å². The fourth-order valence-corrected chi connectivity index (χ4v) is 3.26. The Morgan fingerprint density at radius 1 is 1.37 bits per heavy atom. The number of benzene rings is 1. The van der Waals surface area contributed by atoms with Gasteiger partial charge in [-0.3, -0.25) is 4.68 Å². The molecule has 0 radical (unpaired) electrons. The average Bonchev–Trinajstić information content (AvgIpc) is 3.18. The van der Waals surface area contributed by atoms with E-state index in [0.29, 0.717) is 13.2 Å². The van der Waals surface area contributed by atoms with E-state index in [4.69, 9.17) is 19.2 Å². The summed E-state index contributed by atoms with van der Waals surface area (Å²) in [5.74, 6) is 2.33. The number of morpholine rings is 1. The topological polar surface area (TPSA) is 73.1 Å². The van der Waals surface area contributed by atoms with Crippen molar-refractivity contribution < 1.29 is 14.2 Å². The van der Waals surface area contributed by atoms with Crippen molar-refractivity contribution in [1.29, 1.82) is 0 Å². The van der Waals surface area contributed by atoms with E-state index < -0.39 is 0 Å². The Labute approximate surface area is 195 Å². The van der Waals surface area contributed by atoms with E-state index in [2.05, 4.69) is 22.2 Å². The van der Waals surface area contributed by atoms with Crippen molar-refractivity contribution in [3.05, 3.63) is 42.2 Å². The maximum Gasteiger partial charge on any atom is 0.194 e. The van der Waals surface area contributed by atoms with Gasteiger partial charge in [0.25, 0.3) is 0 Å². The van der Waals surface area contributed by atoms with Crippen LogP contribution in [0.4, 0.5) is 0 Å². The van der Waals surface area contributed by atoms with E-state index in [9.17, 15) is 0 Å². The molecule has 1 aliphatic rings. The number of nitrogens with zero attached hydrogens (tertiary/aromatic N) is 4. The van der Waals surface area contributed by atoms with E-state index in [-0.39, 0.29) is 36.2 Å². The van der Waals surface area contributed by atoms with Gasteiger partial charge in [0.1, 0.15) is 12.2 Å². The largest absolute Gasteiger partial charge is 0.493 e. The van der Waals surface area contributed by atoms with Gasteiger partial charge in [0.05, 0.1) is 33.0 Å². The Kier molecular flexibility index (Phi) is 9.70. The first-order valence-corrected chi connectivity index (χ1v) is 10.0. The summed E-state index contributed by atoms with van der Waals surface area (Å²) in [6, 6.07) is 7.66. The summed E-state index contributed by atoms with van der Waals surface area (Å²) in [6.07, 6.45) is 3.77. The van der Waals surface area contributed by atoms with Crippen LogP contribution in [0.1, 0.15) is 25.5 Å². The molecule has 1 aromatic heterocycles. The molecule has 0 saturated carbocycles. The lowest BCUT2D eigenvalue weighted by Gasteiger charge is -2.35. The highest BCUT2D eigenvalue weighted by Gasteiger charge is 2.25. The normalized spacial score (nSPS) is 17.8. The van der Waals surface area contributed by atoms with Gasteiger partial charge >= 0.3 is 0 Å². The third-order valence-electron chi connectivity index (χ3n) is 4.69. The minimum Gasteiger partial charge on any atom is -0.493 e. The van der Waals surface area contributed by atoms with E-state index in [0.717, 1.165) is 42.7 Å². The first kappa shape index (κ1) is 24.3. The number of ether oxygens (including phenoxy) is 3. The van der Waals surface area contributed by atoms with Crippen LogP contribution in [0, 0.1) is 0 Å². The van der Waals surface area contributed by atoms with Crippen LogP contribution >= 0.6 is 24.0 Å². The number of hydrogen-bond donors (Lipinski definition) is 1. The molecule has 0 amide bonds. The number of halogens is 1. The maximum absolute atomic E-state index is 6.03. The van der Waals surface area contributed by atoms with Crippen molar-refractivity contribution in [2.75, 3.05) is 39.9 Å². The predicted molar refractivity (Wildman–Crippen MR) is 128 cm³/mol. The van der Waals surface area contributed by atoms with Crippen molar-refractivity contribution >= 4 is 29.9 Å².